The second kappa shape index (κ2) is 5.37. The summed E-state index contributed by atoms with van der Waals surface area (Å²) in [5.41, 5.74) is 1.43. The molecule has 0 bridgehead atoms. The fraction of sp³-hybridized carbons (Fsp3) is 0.667. The van der Waals surface area contributed by atoms with Crippen LogP contribution in [0.1, 0.15) is 37.3 Å². The molecular formula is C12H21NS2. The van der Waals surface area contributed by atoms with Crippen LogP contribution in [0.25, 0.3) is 0 Å². The maximum absolute atomic E-state index is 3.39. The number of nitrogens with one attached hydrogen (secondary N) is 1. The predicted octanol–water partition coefficient (Wildman–Crippen LogP) is 3.85. The minimum Gasteiger partial charge on any atom is -0.312 e. The molecule has 1 rings (SSSR count). The first-order valence-electron chi connectivity index (χ1n) is 5.28. The van der Waals surface area contributed by atoms with Gasteiger partial charge in [-0.1, -0.05) is 20.8 Å². The van der Waals surface area contributed by atoms with Crippen LogP contribution in [0.2, 0.25) is 0 Å². The Balaban J connectivity index is 2.57. The molecule has 15 heavy (non-hydrogen) atoms. The van der Waals surface area contributed by atoms with Crippen LogP contribution in [-0.2, 0) is 0 Å². The summed E-state index contributed by atoms with van der Waals surface area (Å²) in [6.07, 6.45) is 0. The van der Waals surface area contributed by atoms with Crippen LogP contribution < -0.4 is 5.32 Å². The zero-order chi connectivity index (χ0) is 11.5. The topological polar surface area (TPSA) is 12.0 Å². The van der Waals surface area contributed by atoms with E-state index in [-0.39, 0.29) is 0 Å². The molecule has 3 heteroatoms. The van der Waals surface area contributed by atoms with Gasteiger partial charge in [0.15, 0.2) is 0 Å². The van der Waals surface area contributed by atoms with E-state index in [1.54, 1.807) is 0 Å². The smallest absolute Gasteiger partial charge is 0.0418 e. The predicted molar refractivity (Wildman–Crippen MR) is 73.1 cm³/mol. The van der Waals surface area contributed by atoms with Gasteiger partial charge in [0.1, 0.15) is 0 Å². The number of thioether (sulfide) groups is 1. The van der Waals surface area contributed by atoms with E-state index in [1.165, 1.54) is 10.4 Å². The molecule has 0 saturated carbocycles. The van der Waals surface area contributed by atoms with Gasteiger partial charge in [0.05, 0.1) is 0 Å². The highest BCUT2D eigenvalue weighted by Crippen LogP contribution is 2.29. The Morgan fingerprint density at radius 3 is 2.53 bits per heavy atom. The molecule has 0 saturated heterocycles. The van der Waals surface area contributed by atoms with Gasteiger partial charge in [0.2, 0.25) is 0 Å². The van der Waals surface area contributed by atoms with Crippen LogP contribution in [0.15, 0.2) is 11.4 Å². The summed E-state index contributed by atoms with van der Waals surface area (Å²) < 4.78 is 0.347. The SMILES string of the molecule is CNC(CSC(C)(C)C)c1csc(C)c1. The first-order valence-corrected chi connectivity index (χ1v) is 7.15. The van der Waals surface area contributed by atoms with Gasteiger partial charge in [0.25, 0.3) is 0 Å². The van der Waals surface area contributed by atoms with Crippen molar-refractivity contribution in [3.63, 3.8) is 0 Å². The quantitative estimate of drug-likeness (QED) is 0.862. The lowest BCUT2D eigenvalue weighted by molar-refractivity contribution is 0.658. The largest absolute Gasteiger partial charge is 0.312 e. The molecule has 0 aliphatic carbocycles. The summed E-state index contributed by atoms with van der Waals surface area (Å²) in [6.45, 7) is 8.97. The molecule has 0 aliphatic heterocycles. The van der Waals surface area contributed by atoms with Gasteiger partial charge in [-0.2, -0.15) is 11.8 Å². The first-order chi connectivity index (χ1) is 6.92. The Hall–Kier alpha value is 0.0100. The highest BCUT2D eigenvalue weighted by Gasteiger charge is 2.16. The van der Waals surface area contributed by atoms with E-state index in [4.69, 9.17) is 0 Å². The van der Waals surface area contributed by atoms with Gasteiger partial charge < -0.3 is 5.32 Å². The normalized spacial score (nSPS) is 14.2. The van der Waals surface area contributed by atoms with Crippen LogP contribution in [0.3, 0.4) is 0 Å². The van der Waals surface area contributed by atoms with Crippen LogP contribution in [0.4, 0.5) is 0 Å². The maximum Gasteiger partial charge on any atom is 0.0418 e. The number of hydrogen-bond acceptors (Lipinski definition) is 3. The van der Waals surface area contributed by atoms with Crippen molar-refractivity contribution in [1.29, 1.82) is 0 Å². The molecule has 0 aromatic carbocycles. The fourth-order valence-corrected chi connectivity index (χ4v) is 3.11. The molecule has 1 N–H and O–H groups in total. The van der Waals surface area contributed by atoms with Gasteiger partial charge in [-0.15, -0.1) is 11.3 Å². The van der Waals surface area contributed by atoms with Crippen molar-refractivity contribution in [3.8, 4) is 0 Å². The Morgan fingerprint density at radius 2 is 2.13 bits per heavy atom. The van der Waals surface area contributed by atoms with Crippen LogP contribution in [-0.4, -0.2) is 17.5 Å². The number of aryl methyl sites for hydroxylation is 1. The maximum atomic E-state index is 3.39. The average Bonchev–Trinajstić information content (AvgIpc) is 2.51. The monoisotopic (exact) mass is 243 g/mol. The highest BCUT2D eigenvalue weighted by atomic mass is 32.2. The molecule has 0 aliphatic rings. The van der Waals surface area contributed by atoms with E-state index in [2.05, 4.69) is 44.5 Å². The minimum atomic E-state index is 0.347. The molecular weight excluding hydrogens is 222 g/mol. The molecule has 86 valence electrons. The molecule has 1 nitrogen and oxygen atoms in total. The zero-order valence-corrected chi connectivity index (χ0v) is 11.9. The van der Waals surface area contributed by atoms with E-state index in [1.807, 2.05) is 30.1 Å². The summed E-state index contributed by atoms with van der Waals surface area (Å²) >= 11 is 3.84. The Morgan fingerprint density at radius 1 is 1.47 bits per heavy atom. The summed E-state index contributed by atoms with van der Waals surface area (Å²) in [5, 5.41) is 5.65. The van der Waals surface area contributed by atoms with Crippen molar-refractivity contribution in [1.82, 2.24) is 5.32 Å². The third-order valence-electron chi connectivity index (χ3n) is 2.18. The zero-order valence-electron chi connectivity index (χ0n) is 10.3. The van der Waals surface area contributed by atoms with Gasteiger partial charge in [-0.05, 0) is 31.0 Å². The summed E-state index contributed by atoms with van der Waals surface area (Å²) in [5.74, 6) is 1.14. The second-order valence-corrected chi connectivity index (χ2v) is 7.72. The number of rotatable bonds is 4. The third kappa shape index (κ3) is 4.58. The van der Waals surface area contributed by atoms with Crippen LogP contribution >= 0.6 is 23.1 Å². The lowest BCUT2D eigenvalue weighted by atomic mass is 10.2. The van der Waals surface area contributed by atoms with E-state index >= 15 is 0 Å². The van der Waals surface area contributed by atoms with Crippen molar-refractivity contribution in [2.24, 2.45) is 0 Å². The van der Waals surface area contributed by atoms with E-state index in [0.29, 0.717) is 10.8 Å². The van der Waals surface area contributed by atoms with Crippen LogP contribution in [0.5, 0.6) is 0 Å². The lowest BCUT2D eigenvalue weighted by Gasteiger charge is -2.22. The van der Waals surface area contributed by atoms with Crippen molar-refractivity contribution < 1.29 is 0 Å². The third-order valence-corrected chi connectivity index (χ3v) is 4.43. The minimum absolute atomic E-state index is 0.347. The van der Waals surface area contributed by atoms with Gasteiger partial charge in [0, 0.05) is 21.4 Å². The fourth-order valence-electron chi connectivity index (χ4n) is 1.33. The standard InChI is InChI=1S/C12H21NS2/c1-9-6-10(7-14-9)11(13-5)8-15-12(2,3)4/h6-7,11,13H,8H2,1-5H3. The molecule has 1 aromatic heterocycles. The number of hydrogen-bond donors (Lipinski definition) is 1. The molecule has 1 heterocycles. The lowest BCUT2D eigenvalue weighted by Crippen LogP contribution is -2.21. The van der Waals surface area contributed by atoms with Gasteiger partial charge >= 0.3 is 0 Å². The molecule has 0 fully saturated rings. The molecule has 1 aromatic rings. The Kier molecular flexibility index (Phi) is 4.68. The van der Waals surface area contributed by atoms with Crippen molar-refractivity contribution in [2.75, 3.05) is 12.8 Å². The van der Waals surface area contributed by atoms with E-state index in [9.17, 15) is 0 Å². The number of thiophene rings is 1. The molecule has 0 amide bonds. The average molecular weight is 243 g/mol. The van der Waals surface area contributed by atoms with E-state index in [0.717, 1.165) is 5.75 Å². The van der Waals surface area contributed by atoms with Gasteiger partial charge in [-0.25, -0.2) is 0 Å². The molecule has 1 unspecified atom stereocenters. The summed E-state index contributed by atoms with van der Waals surface area (Å²) in [7, 11) is 2.04. The van der Waals surface area contributed by atoms with Crippen molar-refractivity contribution >= 4 is 23.1 Å². The van der Waals surface area contributed by atoms with Crippen molar-refractivity contribution in [3.05, 3.63) is 21.9 Å². The highest BCUT2D eigenvalue weighted by molar-refractivity contribution is 8.00. The molecule has 1 atom stereocenters. The molecule has 0 radical (unpaired) electrons. The van der Waals surface area contributed by atoms with Gasteiger partial charge in [-0.3, -0.25) is 0 Å². The van der Waals surface area contributed by atoms with Crippen LogP contribution in [0, 0.1) is 6.92 Å². The second-order valence-electron chi connectivity index (χ2n) is 4.76. The van der Waals surface area contributed by atoms with E-state index < -0.39 is 0 Å². The molecule has 0 spiro atoms. The first kappa shape index (κ1) is 13.1. The van der Waals surface area contributed by atoms with Crippen molar-refractivity contribution in [2.45, 2.75) is 38.5 Å². The Labute approximate surface area is 102 Å². The Bertz CT molecular complexity index is 299. The summed E-state index contributed by atoms with van der Waals surface area (Å²) in [6, 6.07) is 2.77. The summed E-state index contributed by atoms with van der Waals surface area (Å²) in [4.78, 5) is 1.39.